The third-order valence-corrected chi connectivity index (χ3v) is 9.90. The van der Waals surface area contributed by atoms with Crippen molar-refractivity contribution in [2.45, 2.75) is 32.6 Å². The lowest BCUT2D eigenvalue weighted by Crippen LogP contribution is -2.47. The second kappa shape index (κ2) is 20.7. The Morgan fingerprint density at radius 1 is 0.625 bits per heavy atom. The van der Waals surface area contributed by atoms with Crippen molar-refractivity contribution in [2.75, 3.05) is 54.5 Å². The van der Waals surface area contributed by atoms with Gasteiger partial charge in [0.25, 0.3) is 0 Å². The van der Waals surface area contributed by atoms with Gasteiger partial charge in [-0.1, -0.05) is 32.9 Å². The molecule has 3 aromatic carbocycles. The summed E-state index contributed by atoms with van der Waals surface area (Å²) in [7, 11) is 2.07. The normalized spacial score (nSPS) is 12.6. The van der Waals surface area contributed by atoms with Gasteiger partial charge >= 0.3 is 12.1 Å². The minimum Gasteiger partial charge on any atom is -0.457 e. The molecule has 0 spiro atoms. The van der Waals surface area contributed by atoms with Gasteiger partial charge in [0.05, 0.1) is 18.3 Å². The number of benzene rings is 3. The zero-order valence-corrected chi connectivity index (χ0v) is 36.0. The zero-order valence-electron chi connectivity index (χ0n) is 36.0. The van der Waals surface area contributed by atoms with E-state index in [4.69, 9.17) is 9.47 Å². The molecule has 8 rings (SSSR count). The molecule has 1 aliphatic heterocycles. The number of rotatable bonds is 11. The maximum atomic E-state index is 12.6. The summed E-state index contributed by atoms with van der Waals surface area (Å²) < 4.78 is 13.1. The Morgan fingerprint density at radius 2 is 1.14 bits per heavy atom. The Labute approximate surface area is 370 Å². The lowest BCUT2D eigenvalue weighted by molar-refractivity contribution is -0.132. The molecule has 5 N–H and O–H groups in total. The predicted octanol–water partition coefficient (Wildman–Crippen LogP) is 8.56. The molecule has 7 aromatic rings. The monoisotopic (exact) mass is 862 g/mol. The Morgan fingerprint density at radius 3 is 1.66 bits per heavy atom. The zero-order chi connectivity index (χ0) is 44.9. The number of nitrogens with one attached hydrogen (secondary N) is 5. The number of carbonyl (C=O) groups excluding carboxylic acids is 3. The van der Waals surface area contributed by atoms with Gasteiger partial charge < -0.3 is 29.9 Å². The van der Waals surface area contributed by atoms with Crippen molar-refractivity contribution in [1.82, 2.24) is 39.7 Å². The Balaban J connectivity index is 0.000000206. The molecule has 5 heterocycles. The fraction of sp³-hybridized carbons (Fsp3) is 0.213. The summed E-state index contributed by atoms with van der Waals surface area (Å²) in [4.78, 5) is 49.4. The number of hydrogen-bond donors (Lipinski definition) is 5. The van der Waals surface area contributed by atoms with Crippen LogP contribution in [-0.2, 0) is 16.6 Å². The molecule has 17 nitrogen and oxygen atoms in total. The van der Waals surface area contributed by atoms with E-state index in [-0.39, 0.29) is 17.4 Å². The first kappa shape index (κ1) is 44.0. The summed E-state index contributed by atoms with van der Waals surface area (Å²) >= 11 is 0. The average Bonchev–Trinajstić information content (AvgIpc) is 3.97. The number of nitrogens with zero attached hydrogens (tertiary/aromatic N) is 7. The Kier molecular flexibility index (Phi) is 14.2. The molecule has 4 aromatic heterocycles. The number of anilines is 4. The van der Waals surface area contributed by atoms with Crippen molar-refractivity contribution >= 4 is 41.0 Å². The minimum absolute atomic E-state index is 0.0615. The first-order valence-corrected chi connectivity index (χ1v) is 20.6. The molecule has 328 valence electrons. The van der Waals surface area contributed by atoms with Crippen LogP contribution in [0.25, 0.3) is 5.69 Å². The highest BCUT2D eigenvalue weighted by Gasteiger charge is 2.20. The molecule has 5 amide bonds. The number of H-pyrrole nitrogens is 1. The second-order valence-electron chi connectivity index (χ2n) is 15.8. The van der Waals surface area contributed by atoms with Crippen molar-refractivity contribution in [3.8, 4) is 28.7 Å². The summed E-state index contributed by atoms with van der Waals surface area (Å²) in [5.41, 5.74) is 3.87. The fourth-order valence-corrected chi connectivity index (χ4v) is 6.33. The molecule has 1 fully saturated rings. The summed E-state index contributed by atoms with van der Waals surface area (Å²) in [5.74, 6) is 3.83. The van der Waals surface area contributed by atoms with Gasteiger partial charge in [0.2, 0.25) is 5.91 Å². The van der Waals surface area contributed by atoms with Gasteiger partial charge in [-0.25, -0.2) is 14.3 Å². The third-order valence-electron chi connectivity index (χ3n) is 9.90. The quantitative estimate of drug-likeness (QED) is 0.0841. The van der Waals surface area contributed by atoms with Crippen LogP contribution in [0.3, 0.4) is 0 Å². The molecule has 0 atom stereocenters. The Hall–Kier alpha value is -8.05. The van der Waals surface area contributed by atoms with E-state index in [9.17, 15) is 14.4 Å². The average molecular weight is 863 g/mol. The van der Waals surface area contributed by atoms with E-state index in [1.54, 1.807) is 115 Å². The van der Waals surface area contributed by atoms with Crippen LogP contribution in [0.2, 0.25) is 0 Å². The molecule has 0 saturated carbocycles. The topological polar surface area (TPSA) is 197 Å². The fourth-order valence-electron chi connectivity index (χ4n) is 6.33. The van der Waals surface area contributed by atoms with Crippen LogP contribution in [0.4, 0.5) is 32.6 Å². The largest absolute Gasteiger partial charge is 0.457 e. The van der Waals surface area contributed by atoms with Gasteiger partial charge in [-0.2, -0.15) is 10.2 Å². The van der Waals surface area contributed by atoms with Gasteiger partial charge in [-0.3, -0.25) is 30.5 Å². The van der Waals surface area contributed by atoms with Crippen LogP contribution in [0, 0.1) is 0 Å². The van der Waals surface area contributed by atoms with Gasteiger partial charge in [-0.15, -0.1) is 0 Å². The van der Waals surface area contributed by atoms with Crippen molar-refractivity contribution in [2.24, 2.45) is 0 Å². The van der Waals surface area contributed by atoms with Crippen molar-refractivity contribution < 1.29 is 23.9 Å². The van der Waals surface area contributed by atoms with Crippen LogP contribution >= 0.6 is 0 Å². The van der Waals surface area contributed by atoms with Gasteiger partial charge in [-0.05, 0) is 97.5 Å². The Bertz CT molecular complexity index is 2590. The number of pyridine rings is 2. The number of carbonyl (C=O) groups is 3. The van der Waals surface area contributed by atoms with Crippen molar-refractivity contribution in [3.05, 3.63) is 151 Å². The molecule has 0 radical (unpaired) electrons. The maximum absolute atomic E-state index is 12.6. The molecule has 0 bridgehead atoms. The van der Waals surface area contributed by atoms with Crippen molar-refractivity contribution in [3.63, 3.8) is 0 Å². The van der Waals surface area contributed by atoms with E-state index in [1.807, 2.05) is 35.2 Å². The number of aromatic nitrogens is 6. The number of urea groups is 2. The summed E-state index contributed by atoms with van der Waals surface area (Å²) in [5, 5.41) is 22.5. The standard InChI is InChI=1S/C28H29N7O3.C19H21N5O2/c1-33-16-18-34(19-17-33)27(36)20-21-2-6-23(7-3-21)35-26(12-15-30-35)32-28(37)31-22-4-8-24(9-5-22)38-25-10-13-29-14-11-25;1-19(2,3)16-12-17(24-23-16)22-18(25)21-13-4-6-14(7-5-13)26-15-8-10-20-11-9-15/h2-15H,16-20H2,1H3,(H2,31,32,37);4-12H,1-3H3,(H3,21,22,23,24,25). The SMILES string of the molecule is CC(C)(C)c1cc(NC(=O)Nc2ccc(Oc3ccncc3)cc2)n[nH]1.CN1CCN(C(=O)Cc2ccc(-n3nccc3NC(=O)Nc3ccc(Oc4ccncc4)cc3)cc2)CC1. The number of piperazine rings is 1. The predicted molar refractivity (Wildman–Crippen MR) is 245 cm³/mol. The van der Waals surface area contributed by atoms with Crippen LogP contribution in [0.15, 0.2) is 140 Å². The van der Waals surface area contributed by atoms with Gasteiger partial charge in [0, 0.05) is 85.6 Å². The first-order chi connectivity index (χ1) is 30.9. The van der Waals surface area contributed by atoms with Crippen LogP contribution in [-0.4, -0.2) is 90.9 Å². The lowest BCUT2D eigenvalue weighted by Gasteiger charge is -2.32. The van der Waals surface area contributed by atoms with E-state index >= 15 is 0 Å². The summed E-state index contributed by atoms with van der Waals surface area (Å²) in [6.45, 7) is 9.54. The summed E-state index contributed by atoms with van der Waals surface area (Å²) in [6, 6.07) is 31.7. The highest BCUT2D eigenvalue weighted by Crippen LogP contribution is 2.25. The number of hydrogen-bond acceptors (Lipinski definition) is 10. The summed E-state index contributed by atoms with van der Waals surface area (Å²) in [6.07, 6.45) is 8.62. The van der Waals surface area contributed by atoms with E-state index in [2.05, 4.69) is 79.2 Å². The van der Waals surface area contributed by atoms with Gasteiger partial charge in [0.1, 0.15) is 28.8 Å². The highest BCUT2D eigenvalue weighted by atomic mass is 16.5. The van der Waals surface area contributed by atoms with E-state index in [0.717, 1.165) is 43.1 Å². The smallest absolute Gasteiger partial charge is 0.324 e. The van der Waals surface area contributed by atoms with Crippen LogP contribution < -0.4 is 30.7 Å². The van der Waals surface area contributed by atoms with E-state index in [0.29, 0.717) is 52.4 Å². The molecule has 17 heteroatoms. The first-order valence-electron chi connectivity index (χ1n) is 20.6. The molecule has 0 unspecified atom stereocenters. The van der Waals surface area contributed by atoms with Crippen molar-refractivity contribution in [1.29, 1.82) is 0 Å². The number of likely N-dealkylation sites (N-methyl/N-ethyl adjacent to an activating group) is 1. The number of aromatic amines is 1. The maximum Gasteiger partial charge on any atom is 0.324 e. The number of amides is 5. The lowest BCUT2D eigenvalue weighted by atomic mass is 9.92. The molecule has 0 aliphatic carbocycles. The molecule has 1 saturated heterocycles. The van der Waals surface area contributed by atoms with Crippen LogP contribution in [0.1, 0.15) is 32.0 Å². The molecule has 1 aliphatic rings. The van der Waals surface area contributed by atoms with Gasteiger partial charge in [0.15, 0.2) is 5.82 Å². The van der Waals surface area contributed by atoms with E-state index in [1.165, 1.54) is 0 Å². The third kappa shape index (κ3) is 12.7. The highest BCUT2D eigenvalue weighted by molar-refractivity contribution is 6.00. The minimum atomic E-state index is -0.399. The molecule has 64 heavy (non-hydrogen) atoms. The van der Waals surface area contributed by atoms with E-state index < -0.39 is 6.03 Å². The molecular formula is C47H50N12O5. The van der Waals surface area contributed by atoms with Crippen LogP contribution in [0.5, 0.6) is 23.0 Å². The molecular weight excluding hydrogens is 813 g/mol. The second-order valence-corrected chi connectivity index (χ2v) is 15.8. The number of ether oxygens (including phenoxy) is 2.